The van der Waals surface area contributed by atoms with Gasteiger partial charge in [0.2, 0.25) is 0 Å². The van der Waals surface area contributed by atoms with E-state index in [0.29, 0.717) is 12.7 Å². The van der Waals surface area contributed by atoms with Gasteiger partial charge in [0.15, 0.2) is 17.4 Å². The average molecular weight is 270 g/mol. The van der Waals surface area contributed by atoms with Crippen LogP contribution in [0.25, 0.3) is 0 Å². The van der Waals surface area contributed by atoms with Gasteiger partial charge < -0.3 is 9.47 Å². The summed E-state index contributed by atoms with van der Waals surface area (Å²) in [7, 11) is 1.62. The van der Waals surface area contributed by atoms with Crippen molar-refractivity contribution < 1.29 is 23.0 Å². The largest absolute Gasteiger partial charge is 0.484 e. The van der Waals surface area contributed by atoms with Crippen LogP contribution < -0.4 is 4.74 Å². The molecule has 1 aliphatic rings. The third-order valence-electron chi connectivity index (χ3n) is 3.35. The third-order valence-corrected chi connectivity index (χ3v) is 3.35. The fourth-order valence-corrected chi connectivity index (χ4v) is 2.35. The number of ether oxygens (including phenoxy) is 2. The molecule has 5 heteroatoms. The van der Waals surface area contributed by atoms with Crippen LogP contribution >= 0.6 is 0 Å². The van der Waals surface area contributed by atoms with Crippen LogP contribution in [-0.2, 0) is 4.74 Å². The molecule has 0 radical (unpaired) electrons. The number of carbonyl (C=O) groups excluding carboxylic acids is 1. The van der Waals surface area contributed by atoms with Gasteiger partial charge in [-0.15, -0.1) is 0 Å². The average Bonchev–Trinajstić information content (AvgIpc) is 2.42. The molecule has 3 nitrogen and oxygen atoms in total. The van der Waals surface area contributed by atoms with Crippen LogP contribution in [0.15, 0.2) is 12.1 Å². The summed E-state index contributed by atoms with van der Waals surface area (Å²) in [6.07, 6.45) is 3.41. The van der Waals surface area contributed by atoms with E-state index in [1.807, 2.05) is 0 Å². The van der Waals surface area contributed by atoms with Crippen LogP contribution in [0, 0.1) is 11.6 Å². The normalized spacial score (nSPS) is 23.1. The zero-order valence-corrected chi connectivity index (χ0v) is 10.7. The van der Waals surface area contributed by atoms with E-state index in [0.717, 1.165) is 31.4 Å². The van der Waals surface area contributed by atoms with E-state index in [2.05, 4.69) is 0 Å². The monoisotopic (exact) mass is 270 g/mol. The lowest BCUT2D eigenvalue weighted by molar-refractivity contribution is 0.0184. The molecule has 0 amide bonds. The maximum Gasteiger partial charge on any atom is 0.191 e. The number of benzene rings is 1. The van der Waals surface area contributed by atoms with E-state index in [-0.39, 0.29) is 17.8 Å². The zero-order chi connectivity index (χ0) is 13.8. The van der Waals surface area contributed by atoms with Crippen molar-refractivity contribution in [3.8, 4) is 5.75 Å². The van der Waals surface area contributed by atoms with Crippen LogP contribution in [0.2, 0.25) is 0 Å². The molecule has 1 saturated carbocycles. The van der Waals surface area contributed by atoms with Crippen molar-refractivity contribution in [3.63, 3.8) is 0 Å². The maximum atomic E-state index is 13.7. The van der Waals surface area contributed by atoms with E-state index >= 15 is 0 Å². The van der Waals surface area contributed by atoms with Gasteiger partial charge in [0.1, 0.15) is 12.4 Å². The van der Waals surface area contributed by atoms with Gasteiger partial charge in [-0.2, -0.15) is 0 Å². The minimum Gasteiger partial charge on any atom is -0.484 e. The fraction of sp³-hybridized carbons (Fsp3) is 0.500. The van der Waals surface area contributed by atoms with E-state index in [4.69, 9.17) is 9.47 Å². The first-order valence-corrected chi connectivity index (χ1v) is 6.27. The number of carbonyl (C=O) groups is 1. The molecule has 0 bridgehead atoms. The highest BCUT2D eigenvalue weighted by atomic mass is 19.1. The molecule has 2 rings (SSSR count). The topological polar surface area (TPSA) is 35.5 Å². The molecule has 1 aliphatic carbocycles. The molecule has 0 aromatic heterocycles. The summed E-state index contributed by atoms with van der Waals surface area (Å²) in [5, 5.41) is 0. The Hall–Kier alpha value is -1.49. The van der Waals surface area contributed by atoms with Crippen molar-refractivity contribution in [2.75, 3.05) is 7.11 Å². The molecule has 19 heavy (non-hydrogen) atoms. The fourth-order valence-electron chi connectivity index (χ4n) is 2.35. The highest BCUT2D eigenvalue weighted by Crippen LogP contribution is 2.29. The van der Waals surface area contributed by atoms with Gasteiger partial charge in [0.05, 0.1) is 6.10 Å². The van der Waals surface area contributed by atoms with Crippen molar-refractivity contribution in [1.82, 2.24) is 0 Å². The van der Waals surface area contributed by atoms with Crippen molar-refractivity contribution >= 4 is 6.29 Å². The van der Waals surface area contributed by atoms with Crippen molar-refractivity contribution in [3.05, 3.63) is 29.3 Å². The lowest BCUT2D eigenvalue weighted by Gasteiger charge is -2.28. The smallest absolute Gasteiger partial charge is 0.191 e. The minimum atomic E-state index is -0.846. The van der Waals surface area contributed by atoms with Gasteiger partial charge in [-0.1, -0.05) is 0 Å². The highest BCUT2D eigenvalue weighted by Gasteiger charge is 2.25. The Morgan fingerprint density at radius 3 is 2.42 bits per heavy atom. The first-order chi connectivity index (χ1) is 9.13. The zero-order valence-electron chi connectivity index (χ0n) is 10.7. The lowest BCUT2D eigenvalue weighted by atomic mass is 9.95. The Balaban J connectivity index is 2.12. The van der Waals surface area contributed by atoms with Crippen molar-refractivity contribution in [2.45, 2.75) is 37.9 Å². The van der Waals surface area contributed by atoms with Crippen LogP contribution in [0.4, 0.5) is 8.78 Å². The molecular weight excluding hydrogens is 254 g/mol. The lowest BCUT2D eigenvalue weighted by Crippen LogP contribution is -2.30. The molecule has 0 aliphatic heterocycles. The molecule has 2 unspecified atom stereocenters. The summed E-state index contributed by atoms with van der Waals surface area (Å²) in [6, 6.07) is 1.95. The molecule has 104 valence electrons. The summed E-state index contributed by atoms with van der Waals surface area (Å²) < 4.78 is 38.0. The van der Waals surface area contributed by atoms with Crippen molar-refractivity contribution in [2.24, 2.45) is 0 Å². The van der Waals surface area contributed by atoms with Gasteiger partial charge in [-0.05, 0) is 31.4 Å². The summed E-state index contributed by atoms with van der Waals surface area (Å²) >= 11 is 0. The van der Waals surface area contributed by atoms with Gasteiger partial charge in [-0.3, -0.25) is 4.79 Å². The van der Waals surface area contributed by atoms with Gasteiger partial charge in [-0.25, -0.2) is 8.78 Å². The molecule has 1 aromatic carbocycles. The summed E-state index contributed by atoms with van der Waals surface area (Å²) in [5.41, 5.74) is -0.0410. The number of hydrogen-bond acceptors (Lipinski definition) is 3. The Kier molecular flexibility index (Phi) is 4.47. The Bertz CT molecular complexity index is 439. The molecule has 0 saturated heterocycles. The molecule has 2 atom stereocenters. The summed E-state index contributed by atoms with van der Waals surface area (Å²) in [4.78, 5) is 10.5. The predicted molar refractivity (Wildman–Crippen MR) is 65.4 cm³/mol. The SMILES string of the molecule is COC1CCCC(Oc2c(F)cc(C=O)cc2F)C1. The first-order valence-electron chi connectivity index (χ1n) is 6.27. The molecular formula is C14H16F2O3. The van der Waals surface area contributed by atoms with E-state index < -0.39 is 17.4 Å². The minimum absolute atomic E-state index is 0.0410. The molecule has 0 heterocycles. The molecule has 0 N–H and O–H groups in total. The van der Waals surface area contributed by atoms with Crippen molar-refractivity contribution in [1.29, 1.82) is 0 Å². The van der Waals surface area contributed by atoms with Gasteiger partial charge >= 0.3 is 0 Å². The summed E-state index contributed by atoms with van der Waals surface area (Å²) in [5.74, 6) is -2.10. The number of halogens is 2. The standard InChI is InChI=1S/C14H16F2O3/c1-18-10-3-2-4-11(7-10)19-14-12(15)5-9(8-17)6-13(14)16/h5-6,8,10-11H,2-4,7H2,1H3. The second kappa shape index (κ2) is 6.10. The molecule has 1 aromatic rings. The third kappa shape index (κ3) is 3.29. The quantitative estimate of drug-likeness (QED) is 0.789. The Labute approximate surface area is 110 Å². The maximum absolute atomic E-state index is 13.7. The van der Waals surface area contributed by atoms with Crippen LogP contribution in [0.3, 0.4) is 0 Å². The Morgan fingerprint density at radius 1 is 1.21 bits per heavy atom. The van der Waals surface area contributed by atoms with Crippen LogP contribution in [-0.4, -0.2) is 25.6 Å². The number of rotatable bonds is 4. The van der Waals surface area contributed by atoms with Crippen LogP contribution in [0.5, 0.6) is 5.75 Å². The van der Waals surface area contributed by atoms with E-state index in [1.54, 1.807) is 7.11 Å². The first kappa shape index (κ1) is 13.9. The number of hydrogen-bond donors (Lipinski definition) is 0. The molecule has 1 fully saturated rings. The van der Waals surface area contributed by atoms with E-state index in [1.165, 1.54) is 0 Å². The van der Waals surface area contributed by atoms with Gasteiger partial charge in [0.25, 0.3) is 0 Å². The second-order valence-electron chi connectivity index (χ2n) is 4.70. The second-order valence-corrected chi connectivity index (χ2v) is 4.70. The number of aldehydes is 1. The number of methoxy groups -OCH3 is 1. The van der Waals surface area contributed by atoms with E-state index in [9.17, 15) is 13.6 Å². The van der Waals surface area contributed by atoms with Gasteiger partial charge in [0, 0.05) is 19.1 Å². The molecule has 0 spiro atoms. The summed E-state index contributed by atoms with van der Waals surface area (Å²) in [6.45, 7) is 0. The highest BCUT2D eigenvalue weighted by molar-refractivity contribution is 5.75. The predicted octanol–water partition coefficient (Wildman–Crippen LogP) is 3.11. The van der Waals surface area contributed by atoms with Crippen LogP contribution in [0.1, 0.15) is 36.0 Å². The Morgan fingerprint density at radius 2 is 1.84 bits per heavy atom.